The lowest BCUT2D eigenvalue weighted by Crippen LogP contribution is -2.19. The third kappa shape index (κ3) is 3.55. The largest absolute Gasteiger partial charge is 0.381 e. The first-order chi connectivity index (χ1) is 9.19. The van der Waals surface area contributed by atoms with E-state index in [-0.39, 0.29) is 5.91 Å². The summed E-state index contributed by atoms with van der Waals surface area (Å²) in [5.41, 5.74) is 3.74. The van der Waals surface area contributed by atoms with E-state index in [1.54, 1.807) is 19.3 Å². The van der Waals surface area contributed by atoms with Gasteiger partial charge in [0.25, 0.3) is 5.91 Å². The second-order valence-electron chi connectivity index (χ2n) is 4.35. The number of nitrogens with zero attached hydrogens (tertiary/aromatic N) is 1. The van der Waals surface area contributed by atoms with E-state index in [0.717, 1.165) is 12.2 Å². The summed E-state index contributed by atoms with van der Waals surface area (Å²) in [6, 6.07) is 11.9. The minimum atomic E-state index is -0.181. The highest BCUT2D eigenvalue weighted by molar-refractivity contribution is 5.92. The van der Waals surface area contributed by atoms with E-state index in [2.05, 4.69) is 40.7 Å². The minimum absolute atomic E-state index is 0.181. The molecule has 4 heteroatoms. The number of benzene rings is 1. The van der Waals surface area contributed by atoms with E-state index < -0.39 is 0 Å². The number of amides is 1. The van der Waals surface area contributed by atoms with Crippen molar-refractivity contribution >= 4 is 11.6 Å². The number of carbonyl (C=O) groups is 1. The van der Waals surface area contributed by atoms with Crippen molar-refractivity contribution in [2.45, 2.75) is 13.5 Å². The molecule has 1 heterocycles. The molecule has 2 aromatic rings. The second kappa shape index (κ2) is 6.00. The molecular formula is C15H17N3O. The van der Waals surface area contributed by atoms with Crippen molar-refractivity contribution in [3.05, 3.63) is 59.4 Å². The fourth-order valence-corrected chi connectivity index (χ4v) is 1.82. The van der Waals surface area contributed by atoms with Gasteiger partial charge in [0.1, 0.15) is 5.69 Å². The van der Waals surface area contributed by atoms with Gasteiger partial charge < -0.3 is 10.6 Å². The smallest absolute Gasteiger partial charge is 0.269 e. The summed E-state index contributed by atoms with van der Waals surface area (Å²) in [7, 11) is 1.59. The molecule has 4 nitrogen and oxygen atoms in total. The van der Waals surface area contributed by atoms with Gasteiger partial charge in [0.2, 0.25) is 0 Å². The summed E-state index contributed by atoms with van der Waals surface area (Å²) in [6.45, 7) is 2.79. The van der Waals surface area contributed by atoms with Gasteiger partial charge in [-0.3, -0.25) is 9.78 Å². The first-order valence-corrected chi connectivity index (χ1v) is 6.16. The third-order valence-electron chi connectivity index (χ3n) is 2.80. The summed E-state index contributed by atoms with van der Waals surface area (Å²) in [5.74, 6) is -0.181. The molecule has 0 atom stereocenters. The molecule has 0 aliphatic rings. The second-order valence-corrected chi connectivity index (χ2v) is 4.35. The lowest BCUT2D eigenvalue weighted by Gasteiger charge is -2.08. The fraction of sp³-hybridized carbons (Fsp3) is 0.200. The Morgan fingerprint density at radius 3 is 2.84 bits per heavy atom. The van der Waals surface area contributed by atoms with Crippen LogP contribution < -0.4 is 10.6 Å². The Hall–Kier alpha value is -2.36. The molecule has 19 heavy (non-hydrogen) atoms. The Bertz CT molecular complexity index is 581. The Balaban J connectivity index is 2.05. The maximum atomic E-state index is 11.5. The Morgan fingerprint density at radius 2 is 2.11 bits per heavy atom. The van der Waals surface area contributed by atoms with Crippen molar-refractivity contribution in [2.24, 2.45) is 0 Å². The molecule has 2 N–H and O–H groups in total. The van der Waals surface area contributed by atoms with Gasteiger partial charge in [0, 0.05) is 25.5 Å². The highest BCUT2D eigenvalue weighted by Crippen LogP contribution is 2.11. The SMILES string of the molecule is CNC(=O)c1cc(NCc2cccc(C)c2)ccn1. The highest BCUT2D eigenvalue weighted by atomic mass is 16.1. The molecule has 0 aliphatic carbocycles. The quantitative estimate of drug-likeness (QED) is 0.881. The average Bonchev–Trinajstić information content (AvgIpc) is 2.45. The van der Waals surface area contributed by atoms with Gasteiger partial charge in [0.15, 0.2) is 0 Å². The van der Waals surface area contributed by atoms with Crippen LogP contribution in [0, 0.1) is 6.92 Å². The maximum absolute atomic E-state index is 11.5. The molecular weight excluding hydrogens is 238 g/mol. The molecule has 0 spiro atoms. The van der Waals surface area contributed by atoms with E-state index in [4.69, 9.17) is 0 Å². The molecule has 0 unspecified atom stereocenters. The monoisotopic (exact) mass is 255 g/mol. The van der Waals surface area contributed by atoms with Crippen molar-refractivity contribution in [3.63, 3.8) is 0 Å². The summed E-state index contributed by atoms with van der Waals surface area (Å²) < 4.78 is 0. The highest BCUT2D eigenvalue weighted by Gasteiger charge is 2.05. The lowest BCUT2D eigenvalue weighted by atomic mass is 10.1. The molecule has 1 amide bonds. The average molecular weight is 255 g/mol. The van der Waals surface area contributed by atoms with Crippen LogP contribution in [0.4, 0.5) is 5.69 Å². The van der Waals surface area contributed by atoms with Crippen molar-refractivity contribution in [3.8, 4) is 0 Å². The van der Waals surface area contributed by atoms with Crippen LogP contribution in [0.2, 0.25) is 0 Å². The standard InChI is InChI=1S/C15H17N3O/c1-11-4-3-5-12(8-11)10-18-13-6-7-17-14(9-13)15(19)16-2/h3-9H,10H2,1-2H3,(H,16,19)(H,17,18). The van der Waals surface area contributed by atoms with Crippen molar-refractivity contribution in [2.75, 3.05) is 12.4 Å². The van der Waals surface area contributed by atoms with E-state index in [1.165, 1.54) is 11.1 Å². The molecule has 0 saturated heterocycles. The number of anilines is 1. The zero-order valence-corrected chi connectivity index (χ0v) is 11.1. The Labute approximate surface area is 112 Å². The number of carbonyl (C=O) groups excluding carboxylic acids is 1. The van der Waals surface area contributed by atoms with Gasteiger partial charge >= 0.3 is 0 Å². The Kier molecular flexibility index (Phi) is 4.13. The van der Waals surface area contributed by atoms with Gasteiger partial charge in [-0.1, -0.05) is 29.8 Å². The van der Waals surface area contributed by atoms with Gasteiger partial charge in [-0.25, -0.2) is 0 Å². The van der Waals surface area contributed by atoms with Crippen LogP contribution in [0.15, 0.2) is 42.6 Å². The van der Waals surface area contributed by atoms with E-state index in [0.29, 0.717) is 5.69 Å². The number of hydrogen-bond acceptors (Lipinski definition) is 3. The van der Waals surface area contributed by atoms with Crippen molar-refractivity contribution in [1.82, 2.24) is 10.3 Å². The molecule has 0 aliphatic heterocycles. The molecule has 0 radical (unpaired) electrons. The number of hydrogen-bond donors (Lipinski definition) is 2. The van der Waals surface area contributed by atoms with E-state index in [9.17, 15) is 4.79 Å². The zero-order chi connectivity index (χ0) is 13.7. The molecule has 1 aromatic carbocycles. The van der Waals surface area contributed by atoms with Crippen LogP contribution in [0.25, 0.3) is 0 Å². The van der Waals surface area contributed by atoms with Crippen LogP contribution in [0.1, 0.15) is 21.6 Å². The van der Waals surface area contributed by atoms with E-state index in [1.807, 2.05) is 12.1 Å². The van der Waals surface area contributed by atoms with Crippen LogP contribution in [0.5, 0.6) is 0 Å². The van der Waals surface area contributed by atoms with Crippen LogP contribution in [-0.2, 0) is 6.54 Å². The van der Waals surface area contributed by atoms with Crippen LogP contribution >= 0.6 is 0 Å². The molecule has 1 aromatic heterocycles. The number of aromatic nitrogens is 1. The van der Waals surface area contributed by atoms with Gasteiger partial charge in [0.05, 0.1) is 0 Å². The predicted molar refractivity (Wildman–Crippen MR) is 76.1 cm³/mol. The minimum Gasteiger partial charge on any atom is -0.381 e. The maximum Gasteiger partial charge on any atom is 0.269 e. The number of aryl methyl sites for hydroxylation is 1. The number of rotatable bonds is 4. The summed E-state index contributed by atoms with van der Waals surface area (Å²) in [5, 5.41) is 5.85. The number of pyridine rings is 1. The molecule has 0 bridgehead atoms. The van der Waals surface area contributed by atoms with Crippen LogP contribution in [0.3, 0.4) is 0 Å². The van der Waals surface area contributed by atoms with Crippen molar-refractivity contribution < 1.29 is 4.79 Å². The summed E-state index contributed by atoms with van der Waals surface area (Å²) in [4.78, 5) is 15.5. The first-order valence-electron chi connectivity index (χ1n) is 6.16. The summed E-state index contributed by atoms with van der Waals surface area (Å²) >= 11 is 0. The zero-order valence-electron chi connectivity index (χ0n) is 11.1. The van der Waals surface area contributed by atoms with E-state index >= 15 is 0 Å². The molecule has 0 fully saturated rings. The van der Waals surface area contributed by atoms with Crippen LogP contribution in [-0.4, -0.2) is 17.9 Å². The lowest BCUT2D eigenvalue weighted by molar-refractivity contribution is 0.0958. The fourth-order valence-electron chi connectivity index (χ4n) is 1.82. The van der Waals surface area contributed by atoms with Gasteiger partial charge in [-0.2, -0.15) is 0 Å². The normalized spacial score (nSPS) is 10.0. The number of nitrogens with one attached hydrogen (secondary N) is 2. The third-order valence-corrected chi connectivity index (χ3v) is 2.80. The molecule has 0 saturated carbocycles. The molecule has 2 rings (SSSR count). The topological polar surface area (TPSA) is 54.0 Å². The Morgan fingerprint density at radius 1 is 1.26 bits per heavy atom. The van der Waals surface area contributed by atoms with Gasteiger partial charge in [-0.05, 0) is 24.6 Å². The predicted octanol–water partition coefficient (Wildman–Crippen LogP) is 2.36. The van der Waals surface area contributed by atoms with Gasteiger partial charge in [-0.15, -0.1) is 0 Å². The van der Waals surface area contributed by atoms with Crippen molar-refractivity contribution in [1.29, 1.82) is 0 Å². The summed E-state index contributed by atoms with van der Waals surface area (Å²) in [6.07, 6.45) is 1.63. The molecule has 98 valence electrons. The first kappa shape index (κ1) is 13.1.